The highest BCUT2D eigenvalue weighted by Crippen LogP contribution is 2.23. The van der Waals surface area contributed by atoms with Crippen molar-refractivity contribution < 1.29 is 8.78 Å². The number of rotatable bonds is 1. The van der Waals surface area contributed by atoms with Gasteiger partial charge in [0.15, 0.2) is 0 Å². The third-order valence-electron chi connectivity index (χ3n) is 2.45. The Bertz CT molecular complexity index is 635. The van der Waals surface area contributed by atoms with Gasteiger partial charge in [-0.2, -0.15) is 0 Å². The predicted octanol–water partition coefficient (Wildman–Crippen LogP) is 2.33. The SMILES string of the molecule is Cc1nc(-c2cc(F)ccc2F)c(C)c(=O)[nH]1. The van der Waals surface area contributed by atoms with Gasteiger partial charge < -0.3 is 4.98 Å². The van der Waals surface area contributed by atoms with Gasteiger partial charge in [-0.25, -0.2) is 13.8 Å². The standard InChI is InChI=1S/C12H10F2N2O/c1-6-11(15-7(2)16-12(6)17)9-5-8(13)3-4-10(9)14/h3-5H,1-2H3,(H,15,16,17). The molecule has 0 atom stereocenters. The third-order valence-corrected chi connectivity index (χ3v) is 2.45. The van der Waals surface area contributed by atoms with E-state index in [0.717, 1.165) is 18.2 Å². The van der Waals surface area contributed by atoms with Gasteiger partial charge in [-0.1, -0.05) is 0 Å². The summed E-state index contributed by atoms with van der Waals surface area (Å²) in [6.45, 7) is 3.10. The van der Waals surface area contributed by atoms with Crippen molar-refractivity contribution in [3.05, 3.63) is 51.6 Å². The molecule has 0 saturated heterocycles. The second-order valence-electron chi connectivity index (χ2n) is 3.75. The number of hydrogen-bond donors (Lipinski definition) is 1. The van der Waals surface area contributed by atoms with E-state index in [1.165, 1.54) is 6.92 Å². The quantitative estimate of drug-likeness (QED) is 0.826. The third kappa shape index (κ3) is 2.08. The Hall–Kier alpha value is -2.04. The highest BCUT2D eigenvalue weighted by atomic mass is 19.1. The average Bonchev–Trinajstić information content (AvgIpc) is 2.27. The van der Waals surface area contributed by atoms with Gasteiger partial charge in [0, 0.05) is 11.1 Å². The molecule has 3 nitrogen and oxygen atoms in total. The predicted molar refractivity (Wildman–Crippen MR) is 59.7 cm³/mol. The summed E-state index contributed by atoms with van der Waals surface area (Å²) >= 11 is 0. The van der Waals surface area contributed by atoms with Crippen LogP contribution in [0.1, 0.15) is 11.4 Å². The van der Waals surface area contributed by atoms with Crippen LogP contribution < -0.4 is 5.56 Å². The number of H-pyrrole nitrogens is 1. The first-order chi connectivity index (χ1) is 7.99. The number of nitrogens with zero attached hydrogens (tertiary/aromatic N) is 1. The van der Waals surface area contributed by atoms with Gasteiger partial charge in [0.05, 0.1) is 5.69 Å². The molecule has 88 valence electrons. The minimum Gasteiger partial charge on any atom is -0.311 e. The van der Waals surface area contributed by atoms with E-state index in [1.807, 2.05) is 0 Å². The van der Waals surface area contributed by atoms with Gasteiger partial charge in [-0.3, -0.25) is 4.79 Å². The van der Waals surface area contributed by atoms with Gasteiger partial charge in [-0.15, -0.1) is 0 Å². The van der Waals surface area contributed by atoms with Crippen molar-refractivity contribution in [1.29, 1.82) is 0 Å². The molecule has 17 heavy (non-hydrogen) atoms. The average molecular weight is 236 g/mol. The molecule has 2 rings (SSSR count). The zero-order valence-electron chi connectivity index (χ0n) is 9.34. The molecule has 0 saturated carbocycles. The van der Waals surface area contributed by atoms with E-state index < -0.39 is 11.6 Å². The molecular weight excluding hydrogens is 226 g/mol. The number of benzene rings is 1. The van der Waals surface area contributed by atoms with Crippen molar-refractivity contribution >= 4 is 0 Å². The molecule has 1 heterocycles. The Balaban J connectivity index is 2.76. The van der Waals surface area contributed by atoms with Crippen LogP contribution in [0.2, 0.25) is 0 Å². The number of aromatic amines is 1. The molecule has 1 aromatic carbocycles. The maximum Gasteiger partial charge on any atom is 0.254 e. The van der Waals surface area contributed by atoms with Gasteiger partial charge >= 0.3 is 0 Å². The fourth-order valence-corrected chi connectivity index (χ4v) is 1.59. The van der Waals surface area contributed by atoms with Crippen molar-refractivity contribution in [2.45, 2.75) is 13.8 Å². The molecular formula is C12H10F2N2O. The van der Waals surface area contributed by atoms with Crippen LogP contribution in [0.25, 0.3) is 11.3 Å². The topological polar surface area (TPSA) is 45.8 Å². The number of aryl methyl sites for hydroxylation is 1. The van der Waals surface area contributed by atoms with E-state index in [1.54, 1.807) is 6.92 Å². The maximum absolute atomic E-state index is 13.6. The molecule has 0 bridgehead atoms. The summed E-state index contributed by atoms with van der Waals surface area (Å²) in [5.74, 6) is -0.813. The Morgan fingerprint density at radius 2 is 1.94 bits per heavy atom. The Morgan fingerprint density at radius 1 is 1.24 bits per heavy atom. The lowest BCUT2D eigenvalue weighted by Gasteiger charge is -2.06. The van der Waals surface area contributed by atoms with Crippen LogP contribution in [-0.4, -0.2) is 9.97 Å². The van der Waals surface area contributed by atoms with Gasteiger partial charge in [0.1, 0.15) is 17.5 Å². The molecule has 0 aliphatic rings. The number of nitrogens with one attached hydrogen (secondary N) is 1. The van der Waals surface area contributed by atoms with Crippen molar-refractivity contribution in [3.8, 4) is 11.3 Å². The first kappa shape index (κ1) is 11.4. The van der Waals surface area contributed by atoms with Gasteiger partial charge in [0.2, 0.25) is 0 Å². The summed E-state index contributed by atoms with van der Waals surface area (Å²) in [4.78, 5) is 18.1. The normalized spacial score (nSPS) is 10.6. The zero-order chi connectivity index (χ0) is 12.6. The minimum atomic E-state index is -0.605. The molecule has 0 aliphatic heterocycles. The zero-order valence-corrected chi connectivity index (χ0v) is 9.34. The van der Waals surface area contributed by atoms with Crippen molar-refractivity contribution in [1.82, 2.24) is 9.97 Å². The molecule has 0 radical (unpaired) electrons. The number of aromatic nitrogens is 2. The Labute approximate surface area is 96.2 Å². The summed E-state index contributed by atoms with van der Waals surface area (Å²) in [7, 11) is 0. The fourth-order valence-electron chi connectivity index (χ4n) is 1.59. The van der Waals surface area contributed by atoms with Crippen LogP contribution in [-0.2, 0) is 0 Å². The van der Waals surface area contributed by atoms with Crippen LogP contribution in [0.15, 0.2) is 23.0 Å². The minimum absolute atomic E-state index is 0.00306. The molecule has 1 aromatic heterocycles. The van der Waals surface area contributed by atoms with Crippen LogP contribution >= 0.6 is 0 Å². The van der Waals surface area contributed by atoms with E-state index in [2.05, 4.69) is 9.97 Å². The summed E-state index contributed by atoms with van der Waals surface area (Å²) in [6, 6.07) is 3.07. The second kappa shape index (κ2) is 4.08. The monoisotopic (exact) mass is 236 g/mol. The van der Waals surface area contributed by atoms with Crippen LogP contribution in [0.5, 0.6) is 0 Å². The van der Waals surface area contributed by atoms with E-state index in [-0.39, 0.29) is 22.4 Å². The van der Waals surface area contributed by atoms with E-state index >= 15 is 0 Å². The van der Waals surface area contributed by atoms with E-state index in [4.69, 9.17) is 0 Å². The first-order valence-electron chi connectivity index (χ1n) is 5.02. The lowest BCUT2D eigenvalue weighted by Crippen LogP contribution is -2.14. The maximum atomic E-state index is 13.6. The molecule has 0 aliphatic carbocycles. The Morgan fingerprint density at radius 3 is 2.65 bits per heavy atom. The smallest absolute Gasteiger partial charge is 0.254 e. The summed E-state index contributed by atoms with van der Waals surface area (Å²) < 4.78 is 26.7. The lowest BCUT2D eigenvalue weighted by atomic mass is 10.1. The van der Waals surface area contributed by atoms with Gasteiger partial charge in [0.25, 0.3) is 5.56 Å². The Kier molecular flexibility index (Phi) is 2.75. The second-order valence-corrected chi connectivity index (χ2v) is 3.75. The van der Waals surface area contributed by atoms with E-state index in [0.29, 0.717) is 5.82 Å². The number of halogens is 2. The summed E-state index contributed by atoms with van der Waals surface area (Å²) in [6.07, 6.45) is 0. The molecule has 5 heteroatoms. The molecule has 2 aromatic rings. The highest BCUT2D eigenvalue weighted by molar-refractivity contribution is 5.63. The molecule has 0 unspecified atom stereocenters. The van der Waals surface area contributed by atoms with Crippen molar-refractivity contribution in [2.75, 3.05) is 0 Å². The largest absolute Gasteiger partial charge is 0.311 e. The first-order valence-corrected chi connectivity index (χ1v) is 5.02. The summed E-state index contributed by atoms with van der Waals surface area (Å²) in [5, 5.41) is 0. The molecule has 0 amide bonds. The van der Waals surface area contributed by atoms with Gasteiger partial charge in [-0.05, 0) is 32.0 Å². The van der Waals surface area contributed by atoms with Crippen LogP contribution in [0.4, 0.5) is 8.78 Å². The van der Waals surface area contributed by atoms with Crippen LogP contribution in [0.3, 0.4) is 0 Å². The van der Waals surface area contributed by atoms with Crippen molar-refractivity contribution in [3.63, 3.8) is 0 Å². The highest BCUT2D eigenvalue weighted by Gasteiger charge is 2.13. The van der Waals surface area contributed by atoms with E-state index in [9.17, 15) is 13.6 Å². The molecule has 0 fully saturated rings. The number of hydrogen-bond acceptors (Lipinski definition) is 2. The lowest BCUT2D eigenvalue weighted by molar-refractivity contribution is 0.602. The van der Waals surface area contributed by atoms with Crippen molar-refractivity contribution in [2.24, 2.45) is 0 Å². The summed E-state index contributed by atoms with van der Waals surface area (Å²) in [5.41, 5.74) is 0.0798. The fraction of sp³-hybridized carbons (Fsp3) is 0.167. The van der Waals surface area contributed by atoms with Crippen LogP contribution in [0, 0.1) is 25.5 Å². The molecule has 0 spiro atoms. The molecule has 1 N–H and O–H groups in total.